The van der Waals surface area contributed by atoms with Gasteiger partial charge in [0.2, 0.25) is 11.8 Å². The minimum Gasteiger partial charge on any atom is -0.432 e. The molecule has 2 amide bonds. The Morgan fingerprint density at radius 2 is 1.77 bits per heavy atom. The predicted octanol–water partition coefficient (Wildman–Crippen LogP) is 5.01. The molecule has 3 fully saturated rings. The highest BCUT2D eigenvalue weighted by Crippen LogP contribution is 2.45. The number of methoxy groups -OCH3 is 1. The number of aromatic nitrogens is 3. The fraction of sp³-hybridized carbons (Fsp3) is 0.844. The molecule has 4 aliphatic rings. The first-order valence-electron chi connectivity index (χ1n) is 17.0. The number of halogens is 1. The van der Waals surface area contributed by atoms with Crippen molar-refractivity contribution in [3.63, 3.8) is 0 Å². The zero-order valence-electron chi connectivity index (χ0n) is 27.1. The van der Waals surface area contributed by atoms with Crippen LogP contribution >= 0.6 is 11.6 Å². The van der Waals surface area contributed by atoms with E-state index in [2.05, 4.69) is 25.4 Å². The maximum atomic E-state index is 13.3. The van der Waals surface area contributed by atoms with Crippen LogP contribution in [0.1, 0.15) is 107 Å². The lowest BCUT2D eigenvalue weighted by Crippen LogP contribution is -2.40. The fourth-order valence-corrected chi connectivity index (χ4v) is 10.2. The lowest BCUT2D eigenvalue weighted by Gasteiger charge is -2.39. The largest absolute Gasteiger partial charge is 0.432 e. The van der Waals surface area contributed by atoms with Gasteiger partial charge in [-0.3, -0.25) is 14.6 Å². The molecule has 10 nitrogen and oxygen atoms in total. The molecule has 0 saturated heterocycles. The predicted molar refractivity (Wildman–Crippen MR) is 174 cm³/mol. The molecule has 0 bridgehead atoms. The summed E-state index contributed by atoms with van der Waals surface area (Å²) in [5, 5.41) is 15.4. The molecule has 3 N–H and O–H groups in total. The highest BCUT2D eigenvalue weighted by atomic mass is 35.5. The van der Waals surface area contributed by atoms with Gasteiger partial charge in [-0.25, -0.2) is 0 Å². The number of alkyl halides is 1. The second-order valence-electron chi connectivity index (χ2n) is 14.3. The number of nitrogens with one attached hydrogen (secondary N) is 2. The summed E-state index contributed by atoms with van der Waals surface area (Å²) in [5.74, 6) is 2.26. The SMILES string of the molecule is COC1CCC2C(C1)C(C1CCC(Cl)CC1)=N[C@@H](CC(=O)NCCCNC(=O)C1CCCC([Si](C)(C)O)C1)c1nnc(C)n12. The molecular formula is C32H53ClN6O4Si. The number of carbonyl (C=O) groups excluding carboxylic acids is 2. The third-order valence-electron chi connectivity index (χ3n) is 10.8. The molecule has 3 saturated carbocycles. The van der Waals surface area contributed by atoms with Gasteiger partial charge in [0.15, 0.2) is 14.1 Å². The Morgan fingerprint density at radius 3 is 2.50 bits per heavy atom. The van der Waals surface area contributed by atoms with Crippen molar-refractivity contribution in [3.05, 3.63) is 11.6 Å². The average molecular weight is 649 g/mol. The number of hydrogen-bond acceptors (Lipinski definition) is 7. The van der Waals surface area contributed by atoms with Crippen LogP contribution in [0.4, 0.5) is 0 Å². The summed E-state index contributed by atoms with van der Waals surface area (Å²) in [4.78, 5) is 42.0. The molecular weight excluding hydrogens is 596 g/mol. The fourth-order valence-electron chi connectivity index (χ4n) is 8.20. The first kappa shape index (κ1) is 33.5. The van der Waals surface area contributed by atoms with Crippen LogP contribution in [0.15, 0.2) is 4.99 Å². The van der Waals surface area contributed by atoms with Crippen LogP contribution in [0.2, 0.25) is 18.6 Å². The molecule has 1 aromatic heterocycles. The summed E-state index contributed by atoms with van der Waals surface area (Å²) >= 11 is 6.49. The Morgan fingerprint density at radius 1 is 1.02 bits per heavy atom. The van der Waals surface area contributed by atoms with Crippen LogP contribution in [0, 0.1) is 24.7 Å². The lowest BCUT2D eigenvalue weighted by molar-refractivity contribution is -0.125. The van der Waals surface area contributed by atoms with E-state index in [1.54, 1.807) is 7.11 Å². The van der Waals surface area contributed by atoms with Gasteiger partial charge >= 0.3 is 0 Å². The molecule has 5 rings (SSSR count). The Labute approximate surface area is 268 Å². The van der Waals surface area contributed by atoms with Crippen LogP contribution in [0.3, 0.4) is 0 Å². The minimum atomic E-state index is -2.23. The van der Waals surface area contributed by atoms with E-state index in [-0.39, 0.29) is 59.2 Å². The third kappa shape index (κ3) is 7.93. The number of aliphatic imine (C=N–C) groups is 1. The first-order valence-corrected chi connectivity index (χ1v) is 20.4. The van der Waals surface area contributed by atoms with Gasteiger partial charge in [-0.05, 0) is 95.7 Å². The second-order valence-corrected chi connectivity index (χ2v) is 19.0. The normalized spacial score (nSPS) is 32.5. The smallest absolute Gasteiger partial charge is 0.223 e. The maximum absolute atomic E-state index is 13.3. The molecule has 1 aliphatic heterocycles. The van der Waals surface area contributed by atoms with E-state index in [4.69, 9.17) is 21.3 Å². The molecule has 0 spiro atoms. The van der Waals surface area contributed by atoms with Crippen LogP contribution in [-0.4, -0.2) is 77.1 Å². The summed E-state index contributed by atoms with van der Waals surface area (Å²) in [5.41, 5.74) is 1.51. The number of carbonyl (C=O) groups is 2. The van der Waals surface area contributed by atoms with Gasteiger partial charge in [0, 0.05) is 49.2 Å². The van der Waals surface area contributed by atoms with E-state index in [1.807, 2.05) is 20.0 Å². The molecule has 1 aromatic rings. The summed E-state index contributed by atoms with van der Waals surface area (Å²) in [6, 6.07) is -0.161. The van der Waals surface area contributed by atoms with Crippen molar-refractivity contribution in [1.82, 2.24) is 25.4 Å². The van der Waals surface area contributed by atoms with Crippen molar-refractivity contribution in [2.75, 3.05) is 20.2 Å². The Kier molecular flexibility index (Phi) is 11.2. The molecule has 2 heterocycles. The van der Waals surface area contributed by atoms with E-state index in [0.29, 0.717) is 25.4 Å². The zero-order chi connectivity index (χ0) is 31.4. The molecule has 5 unspecified atom stereocenters. The van der Waals surface area contributed by atoms with E-state index < -0.39 is 8.32 Å². The van der Waals surface area contributed by atoms with E-state index in [0.717, 1.165) is 82.3 Å². The number of amides is 2. The van der Waals surface area contributed by atoms with E-state index in [1.165, 1.54) is 5.71 Å². The van der Waals surface area contributed by atoms with Gasteiger partial charge in [-0.15, -0.1) is 21.8 Å². The highest BCUT2D eigenvalue weighted by Gasteiger charge is 2.43. The number of fused-ring (bicyclic) bond motifs is 3. The molecule has 246 valence electrons. The van der Waals surface area contributed by atoms with Crippen LogP contribution in [0.25, 0.3) is 0 Å². The molecule has 12 heteroatoms. The molecule has 0 aromatic carbocycles. The summed E-state index contributed by atoms with van der Waals surface area (Å²) in [7, 11) is -0.431. The third-order valence-corrected chi connectivity index (χ3v) is 13.7. The zero-order valence-corrected chi connectivity index (χ0v) is 28.8. The van der Waals surface area contributed by atoms with Crippen LogP contribution < -0.4 is 10.6 Å². The Balaban J connectivity index is 1.20. The van der Waals surface area contributed by atoms with Crippen molar-refractivity contribution in [3.8, 4) is 0 Å². The van der Waals surface area contributed by atoms with Crippen LogP contribution in [-0.2, 0) is 14.3 Å². The lowest BCUT2D eigenvalue weighted by atomic mass is 9.72. The van der Waals surface area contributed by atoms with Crippen molar-refractivity contribution < 1.29 is 19.1 Å². The quantitative estimate of drug-likeness (QED) is 0.186. The van der Waals surface area contributed by atoms with Crippen molar-refractivity contribution in [2.45, 2.75) is 133 Å². The van der Waals surface area contributed by atoms with Gasteiger partial charge in [-0.1, -0.05) is 12.8 Å². The Bertz CT molecular complexity index is 1180. The van der Waals surface area contributed by atoms with Gasteiger partial charge in [0.1, 0.15) is 11.9 Å². The van der Waals surface area contributed by atoms with Crippen LogP contribution in [0.5, 0.6) is 0 Å². The first-order chi connectivity index (χ1) is 21.0. The van der Waals surface area contributed by atoms with Gasteiger partial charge in [-0.2, -0.15) is 0 Å². The van der Waals surface area contributed by atoms with Gasteiger partial charge < -0.3 is 24.7 Å². The minimum absolute atomic E-state index is 0.0206. The monoisotopic (exact) mass is 648 g/mol. The van der Waals surface area contributed by atoms with Crippen molar-refractivity contribution >= 4 is 37.4 Å². The number of hydrogen-bond donors (Lipinski definition) is 3. The summed E-state index contributed by atoms with van der Waals surface area (Å²) in [6.07, 6.45) is 11.7. The van der Waals surface area contributed by atoms with E-state index in [9.17, 15) is 14.4 Å². The second kappa shape index (κ2) is 14.7. The maximum Gasteiger partial charge on any atom is 0.223 e. The standard InChI is InChI=1S/C32H53ClN6O4Si/c1-20-37-38-31-27(19-29(40)34-15-6-16-35-32(41)22-7-5-8-25(17-22)44(3,4)42)36-30(21-9-11-23(33)12-10-21)26-18-24(43-2)13-14-28(26)39(20)31/h21-28,42H,5-19H2,1-4H3,(H,34,40)(H,35,41)/t21?,22?,23?,24?,25?,26?,27-,28?/m0/s1. The molecule has 6 atom stereocenters. The van der Waals surface area contributed by atoms with Crippen molar-refractivity contribution in [1.29, 1.82) is 0 Å². The van der Waals surface area contributed by atoms with Gasteiger partial charge in [0.05, 0.1) is 12.5 Å². The van der Waals surface area contributed by atoms with E-state index >= 15 is 0 Å². The number of nitrogens with zero attached hydrogens (tertiary/aromatic N) is 4. The molecule has 3 aliphatic carbocycles. The molecule has 44 heavy (non-hydrogen) atoms. The van der Waals surface area contributed by atoms with Crippen molar-refractivity contribution in [2.24, 2.45) is 22.7 Å². The summed E-state index contributed by atoms with van der Waals surface area (Å²) in [6.45, 7) is 6.96. The highest BCUT2D eigenvalue weighted by molar-refractivity contribution is 6.71. The number of aryl methyl sites for hydroxylation is 1. The molecule has 0 radical (unpaired) electrons. The average Bonchev–Trinajstić information content (AvgIpc) is 3.33. The Hall–Kier alpha value is -1.82. The topological polar surface area (TPSA) is 131 Å². The summed E-state index contributed by atoms with van der Waals surface area (Å²) < 4.78 is 8.11. The van der Waals surface area contributed by atoms with Gasteiger partial charge in [0.25, 0.3) is 0 Å². The number of rotatable bonds is 10. The number of ether oxygens (including phenoxy) is 1.